The first-order valence-electron chi connectivity index (χ1n) is 5.72. The minimum Gasteiger partial charge on any atom is -0.327 e. The van der Waals surface area contributed by atoms with E-state index in [4.69, 9.17) is 17.3 Å². The van der Waals surface area contributed by atoms with E-state index in [0.29, 0.717) is 6.04 Å². The van der Waals surface area contributed by atoms with Gasteiger partial charge in [-0.25, -0.2) is 0 Å². The molecule has 15 heavy (non-hydrogen) atoms. The van der Waals surface area contributed by atoms with Crippen molar-refractivity contribution in [1.29, 1.82) is 0 Å². The lowest BCUT2D eigenvalue weighted by Gasteiger charge is -2.19. The predicted octanol–water partition coefficient (Wildman–Crippen LogP) is 3.32. The normalized spacial score (nSPS) is 35.2. The SMILES string of the molecule is NC(Cc1ccc(Cl)s1)C1CC2CC2C1. The van der Waals surface area contributed by atoms with Crippen LogP contribution in [0.3, 0.4) is 0 Å². The van der Waals surface area contributed by atoms with Crippen molar-refractivity contribution < 1.29 is 0 Å². The summed E-state index contributed by atoms with van der Waals surface area (Å²) < 4.78 is 0.881. The van der Waals surface area contributed by atoms with Crippen LogP contribution in [0.15, 0.2) is 12.1 Å². The van der Waals surface area contributed by atoms with E-state index in [2.05, 4.69) is 6.07 Å². The molecule has 3 unspecified atom stereocenters. The van der Waals surface area contributed by atoms with E-state index in [0.717, 1.165) is 28.5 Å². The Morgan fingerprint density at radius 3 is 2.67 bits per heavy atom. The molecule has 82 valence electrons. The van der Waals surface area contributed by atoms with E-state index in [1.807, 2.05) is 6.07 Å². The average Bonchev–Trinajstić information content (AvgIpc) is 2.61. The van der Waals surface area contributed by atoms with Crippen molar-refractivity contribution >= 4 is 22.9 Å². The van der Waals surface area contributed by atoms with Crippen LogP contribution in [-0.2, 0) is 6.42 Å². The van der Waals surface area contributed by atoms with Crippen molar-refractivity contribution in [2.24, 2.45) is 23.5 Å². The summed E-state index contributed by atoms with van der Waals surface area (Å²) in [6.45, 7) is 0. The maximum Gasteiger partial charge on any atom is 0.0931 e. The molecule has 2 aliphatic carbocycles. The number of fused-ring (bicyclic) bond motifs is 1. The van der Waals surface area contributed by atoms with Crippen molar-refractivity contribution in [1.82, 2.24) is 0 Å². The summed E-state index contributed by atoms with van der Waals surface area (Å²) in [6, 6.07) is 4.44. The van der Waals surface area contributed by atoms with Gasteiger partial charge in [-0.3, -0.25) is 0 Å². The van der Waals surface area contributed by atoms with Crippen molar-refractivity contribution in [2.45, 2.75) is 31.7 Å². The number of halogens is 1. The van der Waals surface area contributed by atoms with Gasteiger partial charge in [-0.2, -0.15) is 0 Å². The van der Waals surface area contributed by atoms with Crippen LogP contribution < -0.4 is 5.73 Å². The molecule has 3 atom stereocenters. The number of hydrogen-bond donors (Lipinski definition) is 1. The van der Waals surface area contributed by atoms with Gasteiger partial charge in [-0.15, -0.1) is 11.3 Å². The van der Waals surface area contributed by atoms with Gasteiger partial charge in [-0.1, -0.05) is 11.6 Å². The molecule has 0 spiro atoms. The molecule has 0 aliphatic heterocycles. The highest BCUT2D eigenvalue weighted by Crippen LogP contribution is 2.55. The molecule has 1 nitrogen and oxygen atoms in total. The Kier molecular flexibility index (Phi) is 2.54. The highest BCUT2D eigenvalue weighted by molar-refractivity contribution is 7.16. The third kappa shape index (κ3) is 2.08. The van der Waals surface area contributed by atoms with E-state index in [1.165, 1.54) is 24.1 Å². The lowest BCUT2D eigenvalue weighted by atomic mass is 9.92. The Labute approximate surface area is 99.6 Å². The van der Waals surface area contributed by atoms with Crippen LogP contribution in [0.1, 0.15) is 24.1 Å². The smallest absolute Gasteiger partial charge is 0.0931 e. The molecule has 0 aromatic carbocycles. The van der Waals surface area contributed by atoms with Crippen molar-refractivity contribution in [3.05, 3.63) is 21.3 Å². The summed E-state index contributed by atoms with van der Waals surface area (Å²) in [4.78, 5) is 1.34. The van der Waals surface area contributed by atoms with Gasteiger partial charge in [0, 0.05) is 10.9 Å². The molecule has 2 fully saturated rings. The average molecular weight is 242 g/mol. The van der Waals surface area contributed by atoms with E-state index in [1.54, 1.807) is 11.3 Å². The molecule has 2 saturated carbocycles. The second-order valence-electron chi connectivity index (χ2n) is 5.06. The first kappa shape index (κ1) is 10.1. The third-order valence-electron chi connectivity index (χ3n) is 3.95. The highest BCUT2D eigenvalue weighted by Gasteiger charge is 2.47. The first-order chi connectivity index (χ1) is 7.22. The lowest BCUT2D eigenvalue weighted by molar-refractivity contribution is 0.394. The van der Waals surface area contributed by atoms with Gasteiger partial charge in [0.1, 0.15) is 0 Å². The molecule has 0 amide bonds. The minimum atomic E-state index is 0.354. The fourth-order valence-corrected chi connectivity index (χ4v) is 4.13. The second-order valence-corrected chi connectivity index (χ2v) is 6.86. The maximum atomic E-state index is 6.27. The molecule has 2 aliphatic rings. The zero-order valence-corrected chi connectivity index (χ0v) is 10.2. The molecular formula is C12H16ClNS. The molecule has 0 radical (unpaired) electrons. The van der Waals surface area contributed by atoms with Crippen LogP contribution in [0.2, 0.25) is 4.34 Å². The number of nitrogens with two attached hydrogens (primary N) is 1. The van der Waals surface area contributed by atoms with E-state index in [-0.39, 0.29) is 0 Å². The first-order valence-corrected chi connectivity index (χ1v) is 6.91. The number of rotatable bonds is 3. The third-order valence-corrected chi connectivity index (χ3v) is 5.20. The topological polar surface area (TPSA) is 26.0 Å². The Morgan fingerprint density at radius 2 is 2.07 bits per heavy atom. The number of thiophene rings is 1. The Morgan fingerprint density at radius 1 is 1.33 bits per heavy atom. The van der Waals surface area contributed by atoms with Crippen LogP contribution in [0, 0.1) is 17.8 Å². The zero-order valence-electron chi connectivity index (χ0n) is 8.66. The van der Waals surface area contributed by atoms with Gasteiger partial charge < -0.3 is 5.73 Å². The number of hydrogen-bond acceptors (Lipinski definition) is 2. The fourth-order valence-electron chi connectivity index (χ4n) is 2.97. The largest absolute Gasteiger partial charge is 0.327 e. The Hall–Kier alpha value is -0.0500. The summed E-state index contributed by atoms with van der Waals surface area (Å²) in [6.07, 6.45) is 5.26. The van der Waals surface area contributed by atoms with Gasteiger partial charge in [0.05, 0.1) is 4.34 Å². The summed E-state index contributed by atoms with van der Waals surface area (Å²) in [5.41, 5.74) is 6.27. The molecule has 3 rings (SSSR count). The predicted molar refractivity (Wildman–Crippen MR) is 65.3 cm³/mol. The van der Waals surface area contributed by atoms with Gasteiger partial charge in [0.2, 0.25) is 0 Å². The van der Waals surface area contributed by atoms with Crippen molar-refractivity contribution in [3.63, 3.8) is 0 Å². The van der Waals surface area contributed by atoms with E-state index < -0.39 is 0 Å². The van der Waals surface area contributed by atoms with Crippen LogP contribution in [0.4, 0.5) is 0 Å². The van der Waals surface area contributed by atoms with Crippen LogP contribution in [-0.4, -0.2) is 6.04 Å². The van der Waals surface area contributed by atoms with E-state index >= 15 is 0 Å². The quantitative estimate of drug-likeness (QED) is 0.863. The fraction of sp³-hybridized carbons (Fsp3) is 0.667. The Bertz CT molecular complexity index is 352. The second kappa shape index (κ2) is 3.76. The molecule has 2 N–H and O–H groups in total. The van der Waals surface area contributed by atoms with Gasteiger partial charge in [-0.05, 0) is 55.6 Å². The van der Waals surface area contributed by atoms with Crippen molar-refractivity contribution in [3.8, 4) is 0 Å². The van der Waals surface area contributed by atoms with Gasteiger partial charge >= 0.3 is 0 Å². The molecule has 3 heteroatoms. The minimum absolute atomic E-state index is 0.354. The zero-order chi connectivity index (χ0) is 10.4. The molecule has 0 bridgehead atoms. The summed E-state index contributed by atoms with van der Waals surface area (Å²) in [5, 5.41) is 0. The van der Waals surface area contributed by atoms with Crippen molar-refractivity contribution in [2.75, 3.05) is 0 Å². The van der Waals surface area contributed by atoms with Crippen LogP contribution in [0.5, 0.6) is 0 Å². The van der Waals surface area contributed by atoms with Crippen LogP contribution >= 0.6 is 22.9 Å². The molecule has 1 aromatic heterocycles. The molecule has 0 saturated heterocycles. The van der Waals surface area contributed by atoms with Gasteiger partial charge in [0.25, 0.3) is 0 Å². The highest BCUT2D eigenvalue weighted by atomic mass is 35.5. The monoisotopic (exact) mass is 241 g/mol. The van der Waals surface area contributed by atoms with Crippen LogP contribution in [0.25, 0.3) is 0 Å². The summed E-state index contributed by atoms with van der Waals surface area (Å²) in [7, 11) is 0. The summed E-state index contributed by atoms with van der Waals surface area (Å²) >= 11 is 7.58. The lowest BCUT2D eigenvalue weighted by Crippen LogP contribution is -2.31. The standard InChI is InChI=1S/C12H16ClNS/c13-12-2-1-10(15-12)6-11(14)9-4-7-3-8(7)5-9/h1-2,7-9,11H,3-6,14H2. The van der Waals surface area contributed by atoms with E-state index in [9.17, 15) is 0 Å². The molecule has 1 heterocycles. The van der Waals surface area contributed by atoms with Gasteiger partial charge in [0.15, 0.2) is 0 Å². The molecular weight excluding hydrogens is 226 g/mol. The maximum absolute atomic E-state index is 6.27. The summed E-state index contributed by atoms with van der Waals surface area (Å²) in [5.74, 6) is 2.84. The Balaban J connectivity index is 1.58. The molecule has 1 aromatic rings.